The number of carbonyl (C=O) groups excluding carboxylic acids is 1. The van der Waals surface area contributed by atoms with E-state index >= 15 is 0 Å². The highest BCUT2D eigenvalue weighted by atomic mass is 16.6. The molecule has 0 amide bonds. The Labute approximate surface area is 148 Å². The van der Waals surface area contributed by atoms with Gasteiger partial charge in [0, 0.05) is 6.08 Å². The van der Waals surface area contributed by atoms with Crippen LogP contribution in [-0.2, 0) is 14.3 Å². The number of carbonyl (C=O) groups is 1. The summed E-state index contributed by atoms with van der Waals surface area (Å²) < 4.78 is 12.0. The smallest absolute Gasteiger partial charge is 0.330 e. The van der Waals surface area contributed by atoms with E-state index < -0.39 is 30.5 Å². The van der Waals surface area contributed by atoms with E-state index in [0.29, 0.717) is 11.2 Å². The summed E-state index contributed by atoms with van der Waals surface area (Å²) in [5.74, 6) is -0.257. The Hall–Kier alpha value is -2.82. The van der Waals surface area contributed by atoms with Crippen LogP contribution in [0, 0.1) is 0 Å². The van der Waals surface area contributed by atoms with E-state index in [1.807, 2.05) is 0 Å². The predicted molar refractivity (Wildman–Crippen MR) is 90.6 cm³/mol. The van der Waals surface area contributed by atoms with Gasteiger partial charge in [0.1, 0.15) is 30.2 Å². The van der Waals surface area contributed by atoms with Gasteiger partial charge in [-0.3, -0.25) is 4.57 Å². The van der Waals surface area contributed by atoms with Crippen LogP contribution in [0.2, 0.25) is 0 Å². The molecule has 4 N–H and O–H groups in total. The maximum absolute atomic E-state index is 11.2. The van der Waals surface area contributed by atoms with Gasteiger partial charge in [-0.2, -0.15) is 0 Å². The highest BCUT2D eigenvalue weighted by molar-refractivity contribution is 5.82. The third kappa shape index (κ3) is 3.43. The highest BCUT2D eigenvalue weighted by Gasteiger charge is 2.43. The first-order chi connectivity index (χ1) is 12.5. The molecule has 2 aromatic heterocycles. The Balaban J connectivity index is 1.75. The number of imidazole rings is 1. The van der Waals surface area contributed by atoms with Crippen molar-refractivity contribution in [2.24, 2.45) is 0 Å². The summed E-state index contributed by atoms with van der Waals surface area (Å²) >= 11 is 0. The number of nitrogens with zero attached hydrogens (tertiary/aromatic N) is 4. The van der Waals surface area contributed by atoms with Crippen LogP contribution < -0.4 is 5.73 Å². The summed E-state index contributed by atoms with van der Waals surface area (Å²) in [4.78, 5) is 23.3. The van der Waals surface area contributed by atoms with Crippen LogP contribution in [0.25, 0.3) is 11.2 Å². The SMILES string of the molecule is CCOC(=O)/C=C/C=C/[C@H]1O[C@@H](n2cnc3c(N)ncnc32)[C@H](O)[C@@H]1O. The number of ether oxygens (including phenoxy) is 2. The predicted octanol–water partition coefficient (Wildman–Crippen LogP) is -0.297. The minimum Gasteiger partial charge on any atom is -0.463 e. The Morgan fingerprint density at radius 2 is 2.15 bits per heavy atom. The minimum atomic E-state index is -1.20. The molecule has 0 spiro atoms. The number of aliphatic hydroxyl groups is 2. The summed E-state index contributed by atoms with van der Waals surface area (Å²) in [7, 11) is 0. The summed E-state index contributed by atoms with van der Waals surface area (Å²) in [6.45, 7) is 2.00. The number of nitrogens with two attached hydrogens (primary N) is 1. The number of esters is 1. The molecule has 3 heterocycles. The molecule has 0 radical (unpaired) electrons. The van der Waals surface area contributed by atoms with Gasteiger partial charge in [-0.05, 0) is 6.92 Å². The Bertz CT molecular complexity index is 849. The van der Waals surface area contributed by atoms with Crippen molar-refractivity contribution in [2.45, 2.75) is 31.5 Å². The third-order valence-corrected chi connectivity index (χ3v) is 3.87. The minimum absolute atomic E-state index is 0.210. The molecule has 10 nitrogen and oxygen atoms in total. The molecule has 1 aliphatic rings. The van der Waals surface area contributed by atoms with E-state index in [1.165, 1.54) is 41.5 Å². The lowest BCUT2D eigenvalue weighted by atomic mass is 10.1. The van der Waals surface area contributed by atoms with E-state index in [2.05, 4.69) is 15.0 Å². The first-order valence-corrected chi connectivity index (χ1v) is 7.99. The molecule has 10 heteroatoms. The molecule has 0 unspecified atom stereocenters. The van der Waals surface area contributed by atoms with Crippen molar-refractivity contribution in [3.05, 3.63) is 37.0 Å². The van der Waals surface area contributed by atoms with E-state index in [4.69, 9.17) is 15.2 Å². The van der Waals surface area contributed by atoms with Gasteiger partial charge in [0.2, 0.25) is 0 Å². The summed E-state index contributed by atoms with van der Waals surface area (Å²) in [6.07, 6.45) is 4.45. The zero-order chi connectivity index (χ0) is 18.7. The first-order valence-electron chi connectivity index (χ1n) is 7.99. The highest BCUT2D eigenvalue weighted by Crippen LogP contribution is 2.32. The van der Waals surface area contributed by atoms with Crippen molar-refractivity contribution >= 4 is 23.0 Å². The number of aromatic nitrogens is 4. The van der Waals surface area contributed by atoms with Crippen LogP contribution in [0.4, 0.5) is 5.82 Å². The molecular formula is C16H19N5O5. The molecule has 1 fully saturated rings. The largest absolute Gasteiger partial charge is 0.463 e. The summed E-state index contributed by atoms with van der Waals surface area (Å²) in [6, 6.07) is 0. The second-order valence-corrected chi connectivity index (χ2v) is 5.55. The van der Waals surface area contributed by atoms with Crippen molar-refractivity contribution in [3.8, 4) is 0 Å². The van der Waals surface area contributed by atoms with Crippen LogP contribution >= 0.6 is 0 Å². The van der Waals surface area contributed by atoms with Crippen molar-refractivity contribution in [3.63, 3.8) is 0 Å². The fourth-order valence-corrected chi connectivity index (χ4v) is 2.63. The lowest BCUT2D eigenvalue weighted by Crippen LogP contribution is -2.30. The maximum atomic E-state index is 11.2. The van der Waals surface area contributed by atoms with Gasteiger partial charge in [-0.1, -0.05) is 18.2 Å². The normalized spacial score (nSPS) is 26.3. The number of anilines is 1. The zero-order valence-corrected chi connectivity index (χ0v) is 14.0. The van der Waals surface area contributed by atoms with Gasteiger partial charge in [0.05, 0.1) is 12.9 Å². The number of allylic oxidation sites excluding steroid dienone is 2. The number of rotatable bonds is 5. The molecular weight excluding hydrogens is 342 g/mol. The van der Waals surface area contributed by atoms with Gasteiger partial charge in [0.25, 0.3) is 0 Å². The molecule has 3 rings (SSSR count). The molecule has 1 saturated heterocycles. The summed E-state index contributed by atoms with van der Waals surface area (Å²) in [5.41, 5.74) is 6.52. The molecule has 4 atom stereocenters. The molecule has 0 saturated carbocycles. The van der Waals surface area contributed by atoms with E-state index in [-0.39, 0.29) is 12.4 Å². The standard InChI is InChI=1S/C16H19N5O5/c1-2-25-10(22)6-4-3-5-9-12(23)13(24)16(26-9)21-8-20-11-14(17)18-7-19-15(11)21/h3-9,12-13,16,23-24H,2H2,1H3,(H2,17,18,19)/b5-3+,6-4+/t9-,12-,13-,16-/m1/s1. The number of hydrogen-bond acceptors (Lipinski definition) is 9. The third-order valence-electron chi connectivity index (χ3n) is 3.87. The van der Waals surface area contributed by atoms with Crippen LogP contribution in [0.5, 0.6) is 0 Å². The topological polar surface area (TPSA) is 146 Å². The maximum Gasteiger partial charge on any atom is 0.330 e. The summed E-state index contributed by atoms with van der Waals surface area (Å²) in [5, 5.41) is 20.5. The number of hydrogen-bond donors (Lipinski definition) is 3. The fraction of sp³-hybridized carbons (Fsp3) is 0.375. The lowest BCUT2D eigenvalue weighted by Gasteiger charge is -2.16. The van der Waals surface area contributed by atoms with Crippen molar-refractivity contribution in [1.82, 2.24) is 19.5 Å². The van der Waals surface area contributed by atoms with Crippen LogP contribution in [-0.4, -0.2) is 60.6 Å². The number of aliphatic hydroxyl groups excluding tert-OH is 2. The Kier molecular flexibility index (Phi) is 5.26. The van der Waals surface area contributed by atoms with E-state index in [1.54, 1.807) is 6.92 Å². The van der Waals surface area contributed by atoms with Crippen molar-refractivity contribution in [1.29, 1.82) is 0 Å². The zero-order valence-electron chi connectivity index (χ0n) is 14.0. The Morgan fingerprint density at radius 1 is 1.35 bits per heavy atom. The molecule has 2 aromatic rings. The second-order valence-electron chi connectivity index (χ2n) is 5.55. The van der Waals surface area contributed by atoms with Gasteiger partial charge < -0.3 is 25.4 Å². The van der Waals surface area contributed by atoms with Crippen LogP contribution in [0.15, 0.2) is 37.0 Å². The second kappa shape index (κ2) is 7.60. The average Bonchev–Trinajstić information content (AvgIpc) is 3.16. The van der Waals surface area contributed by atoms with E-state index in [0.717, 1.165) is 0 Å². The van der Waals surface area contributed by atoms with Crippen molar-refractivity contribution in [2.75, 3.05) is 12.3 Å². The van der Waals surface area contributed by atoms with Gasteiger partial charge in [-0.15, -0.1) is 0 Å². The van der Waals surface area contributed by atoms with Gasteiger partial charge in [-0.25, -0.2) is 19.7 Å². The van der Waals surface area contributed by atoms with E-state index in [9.17, 15) is 15.0 Å². The molecule has 26 heavy (non-hydrogen) atoms. The monoisotopic (exact) mass is 361 g/mol. The van der Waals surface area contributed by atoms with Crippen LogP contribution in [0.1, 0.15) is 13.2 Å². The van der Waals surface area contributed by atoms with Crippen LogP contribution in [0.3, 0.4) is 0 Å². The number of fused-ring (bicyclic) bond motifs is 1. The number of nitrogen functional groups attached to an aromatic ring is 1. The average molecular weight is 361 g/mol. The van der Waals surface area contributed by atoms with Crippen molar-refractivity contribution < 1.29 is 24.5 Å². The van der Waals surface area contributed by atoms with Gasteiger partial charge in [0.15, 0.2) is 17.7 Å². The Morgan fingerprint density at radius 3 is 2.92 bits per heavy atom. The van der Waals surface area contributed by atoms with Gasteiger partial charge >= 0.3 is 5.97 Å². The fourth-order valence-electron chi connectivity index (χ4n) is 2.63. The lowest BCUT2D eigenvalue weighted by molar-refractivity contribution is -0.137. The molecule has 1 aliphatic heterocycles. The first kappa shape index (κ1) is 18.0. The molecule has 0 aliphatic carbocycles. The molecule has 0 bridgehead atoms. The molecule has 138 valence electrons. The molecule has 0 aromatic carbocycles. The quantitative estimate of drug-likeness (QED) is 0.371.